The molecule has 1 saturated heterocycles. The Kier molecular flexibility index (Phi) is 2.88. The fraction of sp³-hybridized carbons (Fsp3) is 0.636. The minimum atomic E-state index is -0.819. The molecule has 2 unspecified atom stereocenters. The predicted octanol–water partition coefficient (Wildman–Crippen LogP) is 0.686. The summed E-state index contributed by atoms with van der Waals surface area (Å²) in [7, 11) is 0. The van der Waals surface area contributed by atoms with E-state index >= 15 is 0 Å². The second-order valence-electron chi connectivity index (χ2n) is 4.48. The van der Waals surface area contributed by atoms with E-state index in [1.54, 1.807) is 31.7 Å². The van der Waals surface area contributed by atoms with Crippen molar-refractivity contribution in [3.8, 4) is 0 Å². The van der Waals surface area contributed by atoms with Gasteiger partial charge in [0.05, 0.1) is 0 Å². The van der Waals surface area contributed by atoms with Crippen molar-refractivity contribution in [1.82, 2.24) is 10.2 Å². The second kappa shape index (κ2) is 3.68. The molecule has 0 spiro atoms. The number of amides is 2. The highest BCUT2D eigenvalue weighted by Gasteiger charge is 2.44. The Morgan fingerprint density at radius 3 is 2.53 bits per heavy atom. The van der Waals surface area contributed by atoms with Crippen LogP contribution in [-0.4, -0.2) is 34.3 Å². The van der Waals surface area contributed by atoms with Gasteiger partial charge in [-0.05, 0) is 27.7 Å². The van der Waals surface area contributed by atoms with Crippen LogP contribution in [0.1, 0.15) is 27.7 Å². The predicted molar refractivity (Wildman–Crippen MR) is 58.2 cm³/mol. The zero-order valence-corrected chi connectivity index (χ0v) is 9.70. The standard InChI is InChI=1S/C11H18N2O2/c1-6-7(2)13-8(3)9(14)12-11(4,5)10(13)15/h6-8H,1H2,2-5H3,(H,12,14). The SMILES string of the molecule is C=CC(C)N1C(=O)C(C)(C)NC(=O)C1C. The van der Waals surface area contributed by atoms with Crippen LogP contribution in [0.15, 0.2) is 12.7 Å². The van der Waals surface area contributed by atoms with E-state index in [2.05, 4.69) is 11.9 Å². The summed E-state index contributed by atoms with van der Waals surface area (Å²) >= 11 is 0. The van der Waals surface area contributed by atoms with Gasteiger partial charge in [0.25, 0.3) is 0 Å². The molecular formula is C11H18N2O2. The van der Waals surface area contributed by atoms with Crippen LogP contribution < -0.4 is 5.32 Å². The van der Waals surface area contributed by atoms with Crippen LogP contribution in [0, 0.1) is 0 Å². The molecule has 0 saturated carbocycles. The molecular weight excluding hydrogens is 192 g/mol. The van der Waals surface area contributed by atoms with Gasteiger partial charge in [0.2, 0.25) is 11.8 Å². The van der Waals surface area contributed by atoms with Crippen molar-refractivity contribution >= 4 is 11.8 Å². The van der Waals surface area contributed by atoms with E-state index in [0.717, 1.165) is 0 Å². The van der Waals surface area contributed by atoms with Gasteiger partial charge in [-0.3, -0.25) is 9.59 Å². The summed E-state index contributed by atoms with van der Waals surface area (Å²) < 4.78 is 0. The van der Waals surface area contributed by atoms with E-state index < -0.39 is 11.6 Å². The van der Waals surface area contributed by atoms with Gasteiger partial charge in [0, 0.05) is 6.04 Å². The number of hydrogen-bond acceptors (Lipinski definition) is 2. The Bertz CT molecular complexity index is 310. The Balaban J connectivity index is 3.05. The number of nitrogens with one attached hydrogen (secondary N) is 1. The van der Waals surface area contributed by atoms with E-state index in [1.807, 2.05) is 6.92 Å². The molecule has 2 amide bonds. The number of carbonyl (C=O) groups excluding carboxylic acids is 2. The molecule has 1 N–H and O–H groups in total. The van der Waals surface area contributed by atoms with Gasteiger partial charge in [-0.2, -0.15) is 0 Å². The number of nitrogens with zero attached hydrogens (tertiary/aromatic N) is 1. The van der Waals surface area contributed by atoms with Crippen LogP contribution in [-0.2, 0) is 9.59 Å². The monoisotopic (exact) mass is 210 g/mol. The molecule has 4 heteroatoms. The molecule has 84 valence electrons. The normalized spacial score (nSPS) is 27.2. The van der Waals surface area contributed by atoms with Crippen molar-refractivity contribution in [3.05, 3.63) is 12.7 Å². The number of rotatable bonds is 2. The molecule has 1 heterocycles. The largest absolute Gasteiger partial charge is 0.340 e. The average Bonchev–Trinajstić information content (AvgIpc) is 2.14. The summed E-state index contributed by atoms with van der Waals surface area (Å²) in [5.41, 5.74) is -0.819. The molecule has 0 aromatic heterocycles. The van der Waals surface area contributed by atoms with Crippen molar-refractivity contribution in [3.63, 3.8) is 0 Å². The lowest BCUT2D eigenvalue weighted by Gasteiger charge is -2.43. The lowest BCUT2D eigenvalue weighted by atomic mass is 9.96. The third-order valence-electron chi connectivity index (χ3n) is 2.78. The molecule has 1 aliphatic heterocycles. The molecule has 0 bridgehead atoms. The lowest BCUT2D eigenvalue weighted by molar-refractivity contribution is -0.154. The van der Waals surface area contributed by atoms with Crippen LogP contribution in [0.3, 0.4) is 0 Å². The van der Waals surface area contributed by atoms with Gasteiger partial charge < -0.3 is 10.2 Å². The van der Waals surface area contributed by atoms with E-state index in [1.165, 1.54) is 0 Å². The molecule has 1 rings (SSSR count). The van der Waals surface area contributed by atoms with Crippen molar-refractivity contribution in [2.45, 2.75) is 45.3 Å². The van der Waals surface area contributed by atoms with Crippen molar-refractivity contribution < 1.29 is 9.59 Å². The summed E-state index contributed by atoms with van der Waals surface area (Å²) in [4.78, 5) is 25.3. The van der Waals surface area contributed by atoms with Gasteiger partial charge in [0.15, 0.2) is 0 Å². The van der Waals surface area contributed by atoms with Crippen molar-refractivity contribution in [2.24, 2.45) is 0 Å². The highest BCUT2D eigenvalue weighted by Crippen LogP contribution is 2.20. The molecule has 4 nitrogen and oxygen atoms in total. The van der Waals surface area contributed by atoms with Crippen molar-refractivity contribution in [1.29, 1.82) is 0 Å². The van der Waals surface area contributed by atoms with Crippen LogP contribution in [0.25, 0.3) is 0 Å². The van der Waals surface area contributed by atoms with Gasteiger partial charge >= 0.3 is 0 Å². The fourth-order valence-electron chi connectivity index (χ4n) is 1.74. The van der Waals surface area contributed by atoms with Crippen LogP contribution in [0.5, 0.6) is 0 Å². The molecule has 0 radical (unpaired) electrons. The molecule has 1 fully saturated rings. The first-order valence-corrected chi connectivity index (χ1v) is 5.08. The summed E-state index contributed by atoms with van der Waals surface area (Å²) in [6, 6.07) is -0.559. The highest BCUT2D eigenvalue weighted by atomic mass is 16.2. The first-order chi connectivity index (χ1) is 6.81. The van der Waals surface area contributed by atoms with Crippen molar-refractivity contribution in [2.75, 3.05) is 0 Å². The van der Waals surface area contributed by atoms with Crippen LogP contribution in [0.4, 0.5) is 0 Å². The minimum Gasteiger partial charge on any atom is -0.340 e. The van der Waals surface area contributed by atoms with E-state index in [0.29, 0.717) is 0 Å². The fourth-order valence-corrected chi connectivity index (χ4v) is 1.74. The smallest absolute Gasteiger partial charge is 0.248 e. The van der Waals surface area contributed by atoms with Gasteiger partial charge in [0.1, 0.15) is 11.6 Å². The number of hydrogen-bond donors (Lipinski definition) is 1. The first kappa shape index (κ1) is 11.8. The summed E-state index contributed by atoms with van der Waals surface area (Å²) in [5.74, 6) is -0.185. The zero-order valence-electron chi connectivity index (χ0n) is 9.70. The van der Waals surface area contributed by atoms with E-state index in [4.69, 9.17) is 0 Å². The Labute approximate surface area is 90.3 Å². The van der Waals surface area contributed by atoms with Crippen LogP contribution >= 0.6 is 0 Å². The summed E-state index contributed by atoms with van der Waals surface area (Å²) in [6.07, 6.45) is 1.67. The topological polar surface area (TPSA) is 49.4 Å². The Hall–Kier alpha value is -1.32. The van der Waals surface area contributed by atoms with Crippen LogP contribution in [0.2, 0.25) is 0 Å². The molecule has 0 aliphatic carbocycles. The van der Waals surface area contributed by atoms with Gasteiger partial charge in [-0.25, -0.2) is 0 Å². The Morgan fingerprint density at radius 1 is 1.53 bits per heavy atom. The molecule has 0 aromatic carbocycles. The lowest BCUT2D eigenvalue weighted by Crippen LogP contribution is -2.68. The maximum atomic E-state index is 12.1. The third-order valence-corrected chi connectivity index (χ3v) is 2.78. The Morgan fingerprint density at radius 2 is 2.07 bits per heavy atom. The van der Waals surface area contributed by atoms with E-state index in [-0.39, 0.29) is 17.9 Å². The third kappa shape index (κ3) is 1.89. The molecule has 0 aromatic rings. The molecule has 1 aliphatic rings. The van der Waals surface area contributed by atoms with Gasteiger partial charge in [-0.1, -0.05) is 6.08 Å². The minimum absolute atomic E-state index is 0.0676. The number of piperazine rings is 1. The van der Waals surface area contributed by atoms with E-state index in [9.17, 15) is 9.59 Å². The summed E-state index contributed by atoms with van der Waals surface area (Å²) in [6.45, 7) is 10.7. The van der Waals surface area contributed by atoms with Gasteiger partial charge in [-0.15, -0.1) is 6.58 Å². The maximum Gasteiger partial charge on any atom is 0.248 e. The highest BCUT2D eigenvalue weighted by molar-refractivity contribution is 5.99. The molecule has 2 atom stereocenters. The maximum absolute atomic E-state index is 12.1. The first-order valence-electron chi connectivity index (χ1n) is 5.08. The number of carbonyl (C=O) groups is 2. The second-order valence-corrected chi connectivity index (χ2v) is 4.48. The quantitative estimate of drug-likeness (QED) is 0.682. The summed E-state index contributed by atoms with van der Waals surface area (Å²) in [5, 5.41) is 2.70. The average molecular weight is 210 g/mol. The molecule has 15 heavy (non-hydrogen) atoms. The zero-order chi connectivity index (χ0) is 11.8.